The van der Waals surface area contributed by atoms with Gasteiger partial charge in [-0.3, -0.25) is 4.79 Å². The number of fused-ring (bicyclic) bond motifs is 2. The number of pyridine rings is 1. The number of nitriles is 1. The summed E-state index contributed by atoms with van der Waals surface area (Å²) < 4.78 is 5.46. The predicted octanol–water partition coefficient (Wildman–Crippen LogP) is 5.55. The van der Waals surface area contributed by atoms with E-state index in [1.807, 2.05) is 30.3 Å². The van der Waals surface area contributed by atoms with Gasteiger partial charge in [-0.1, -0.05) is 63.2 Å². The number of hydrogen-bond donors (Lipinski definition) is 0. The Kier molecular flexibility index (Phi) is 7.21. The van der Waals surface area contributed by atoms with Crippen LogP contribution in [0.2, 0.25) is 0 Å². The summed E-state index contributed by atoms with van der Waals surface area (Å²) in [6.45, 7) is 6.52. The van der Waals surface area contributed by atoms with Gasteiger partial charge < -0.3 is 9.64 Å². The van der Waals surface area contributed by atoms with Crippen molar-refractivity contribution in [2.75, 3.05) is 20.2 Å². The molecule has 1 heterocycles. The number of ether oxygens (including phenoxy) is 1. The van der Waals surface area contributed by atoms with Gasteiger partial charge in [0.05, 0.1) is 29.3 Å². The SMILES string of the molecule is CN(CCC#N)C(=O)COC(=O)c1c2c(nc3ccccc13)/C(=C/c1ccc(C(C)(C)C)cc1)CC2. The standard InChI is InChI=1S/C30H31N3O3/c1-30(2,3)22-13-10-20(11-14-22)18-21-12-15-24-27(23-8-5-6-9-25(23)32-28(21)24)29(35)36-19-26(34)33(4)17-7-16-31/h5-6,8-11,13-14,18H,7,12,15,17,19H2,1-4H3/b21-18+. The zero-order chi connectivity index (χ0) is 25.9. The summed E-state index contributed by atoms with van der Waals surface area (Å²) in [6.07, 6.45) is 3.82. The molecule has 1 amide bonds. The third kappa shape index (κ3) is 5.31. The number of nitrogens with zero attached hydrogens (tertiary/aromatic N) is 3. The minimum Gasteiger partial charge on any atom is -0.452 e. The number of para-hydroxylation sites is 1. The van der Waals surface area contributed by atoms with E-state index in [1.54, 1.807) is 7.05 Å². The Hall–Kier alpha value is -3.98. The highest BCUT2D eigenvalue weighted by molar-refractivity contribution is 6.07. The summed E-state index contributed by atoms with van der Waals surface area (Å²) in [5, 5.41) is 9.45. The molecule has 0 N–H and O–H groups in total. The Bertz CT molecular complexity index is 1380. The maximum Gasteiger partial charge on any atom is 0.339 e. The number of likely N-dealkylation sites (N-methyl/N-ethyl adjacent to an activating group) is 1. The van der Waals surface area contributed by atoms with E-state index in [0.29, 0.717) is 18.5 Å². The minimum absolute atomic E-state index is 0.0906. The first-order valence-corrected chi connectivity index (χ1v) is 12.2. The number of allylic oxidation sites excluding steroid dienone is 1. The first kappa shape index (κ1) is 25.1. The number of carbonyl (C=O) groups excluding carboxylic acids is 2. The molecular formula is C30H31N3O3. The van der Waals surface area contributed by atoms with Crippen molar-refractivity contribution in [2.45, 2.75) is 45.4 Å². The third-order valence-corrected chi connectivity index (χ3v) is 6.58. The van der Waals surface area contributed by atoms with Crippen molar-refractivity contribution in [3.05, 3.63) is 76.5 Å². The molecule has 1 aromatic heterocycles. The van der Waals surface area contributed by atoms with E-state index in [4.69, 9.17) is 15.0 Å². The predicted molar refractivity (Wildman–Crippen MR) is 141 cm³/mol. The van der Waals surface area contributed by atoms with E-state index in [1.165, 1.54) is 10.5 Å². The zero-order valence-corrected chi connectivity index (χ0v) is 21.3. The van der Waals surface area contributed by atoms with Crippen molar-refractivity contribution in [1.29, 1.82) is 5.26 Å². The highest BCUT2D eigenvalue weighted by Gasteiger charge is 2.28. The molecule has 0 atom stereocenters. The summed E-state index contributed by atoms with van der Waals surface area (Å²) in [6, 6.07) is 18.1. The molecule has 184 valence electrons. The summed E-state index contributed by atoms with van der Waals surface area (Å²) in [5.41, 5.74) is 6.42. The lowest BCUT2D eigenvalue weighted by Crippen LogP contribution is -2.32. The van der Waals surface area contributed by atoms with Crippen LogP contribution in [0.3, 0.4) is 0 Å². The fraction of sp³-hybridized carbons (Fsp3) is 0.333. The van der Waals surface area contributed by atoms with E-state index in [0.717, 1.165) is 39.7 Å². The van der Waals surface area contributed by atoms with Crippen molar-refractivity contribution >= 4 is 34.4 Å². The van der Waals surface area contributed by atoms with Crippen LogP contribution in [0.15, 0.2) is 48.5 Å². The number of benzene rings is 2. The fourth-order valence-corrected chi connectivity index (χ4v) is 4.44. The molecule has 3 aromatic rings. The van der Waals surface area contributed by atoms with E-state index in [9.17, 15) is 9.59 Å². The van der Waals surface area contributed by atoms with Crippen LogP contribution in [-0.4, -0.2) is 42.0 Å². The average molecular weight is 482 g/mol. The van der Waals surface area contributed by atoms with Crippen LogP contribution in [0.4, 0.5) is 0 Å². The van der Waals surface area contributed by atoms with Crippen molar-refractivity contribution in [3.8, 4) is 6.07 Å². The number of esters is 1. The Morgan fingerprint density at radius 3 is 2.53 bits per heavy atom. The number of amides is 1. The van der Waals surface area contributed by atoms with Gasteiger partial charge in [-0.2, -0.15) is 5.26 Å². The Labute approximate surface area is 212 Å². The third-order valence-electron chi connectivity index (χ3n) is 6.58. The molecule has 4 rings (SSSR count). The van der Waals surface area contributed by atoms with Gasteiger partial charge in [-0.05, 0) is 52.7 Å². The van der Waals surface area contributed by atoms with Crippen molar-refractivity contribution < 1.29 is 14.3 Å². The molecule has 6 nitrogen and oxygen atoms in total. The molecule has 1 aliphatic rings. The maximum absolute atomic E-state index is 13.3. The molecule has 36 heavy (non-hydrogen) atoms. The van der Waals surface area contributed by atoms with Crippen LogP contribution in [0.5, 0.6) is 0 Å². The van der Waals surface area contributed by atoms with Crippen molar-refractivity contribution in [3.63, 3.8) is 0 Å². The second kappa shape index (κ2) is 10.3. The molecule has 0 spiro atoms. The van der Waals surface area contributed by atoms with E-state index >= 15 is 0 Å². The van der Waals surface area contributed by atoms with Gasteiger partial charge in [-0.15, -0.1) is 0 Å². The Morgan fingerprint density at radius 1 is 1.11 bits per heavy atom. The zero-order valence-electron chi connectivity index (χ0n) is 21.3. The lowest BCUT2D eigenvalue weighted by Gasteiger charge is -2.18. The van der Waals surface area contributed by atoms with Crippen LogP contribution in [-0.2, 0) is 21.4 Å². The monoisotopic (exact) mass is 481 g/mol. The maximum atomic E-state index is 13.3. The summed E-state index contributed by atoms with van der Waals surface area (Å²) >= 11 is 0. The molecule has 0 unspecified atom stereocenters. The molecule has 0 bridgehead atoms. The lowest BCUT2D eigenvalue weighted by atomic mass is 9.86. The van der Waals surface area contributed by atoms with Crippen LogP contribution >= 0.6 is 0 Å². The minimum atomic E-state index is -0.525. The number of rotatable bonds is 6. The molecule has 0 aliphatic heterocycles. The average Bonchev–Trinajstić information content (AvgIpc) is 3.25. The van der Waals surface area contributed by atoms with E-state index in [-0.39, 0.29) is 24.3 Å². The smallest absolute Gasteiger partial charge is 0.339 e. The van der Waals surface area contributed by atoms with Crippen molar-refractivity contribution in [2.24, 2.45) is 0 Å². The highest BCUT2D eigenvalue weighted by Crippen LogP contribution is 2.38. The molecule has 0 saturated carbocycles. The second-order valence-electron chi connectivity index (χ2n) is 10.2. The molecule has 2 aromatic carbocycles. The summed E-state index contributed by atoms with van der Waals surface area (Å²) in [4.78, 5) is 31.9. The van der Waals surface area contributed by atoms with Gasteiger partial charge in [0.2, 0.25) is 0 Å². The second-order valence-corrected chi connectivity index (χ2v) is 10.2. The number of carbonyl (C=O) groups is 2. The fourth-order valence-electron chi connectivity index (χ4n) is 4.44. The molecular weight excluding hydrogens is 450 g/mol. The molecule has 0 radical (unpaired) electrons. The van der Waals surface area contributed by atoms with Gasteiger partial charge in [0.25, 0.3) is 5.91 Å². The Balaban J connectivity index is 1.65. The molecule has 1 aliphatic carbocycles. The van der Waals surface area contributed by atoms with E-state index < -0.39 is 5.97 Å². The molecule has 0 saturated heterocycles. The Morgan fingerprint density at radius 2 is 1.83 bits per heavy atom. The van der Waals surface area contributed by atoms with Crippen molar-refractivity contribution in [1.82, 2.24) is 9.88 Å². The largest absolute Gasteiger partial charge is 0.452 e. The topological polar surface area (TPSA) is 83.3 Å². The van der Waals surface area contributed by atoms with E-state index in [2.05, 4.69) is 51.1 Å². The number of aromatic nitrogens is 1. The van der Waals surface area contributed by atoms with Gasteiger partial charge >= 0.3 is 5.97 Å². The van der Waals surface area contributed by atoms with Crippen LogP contribution in [0.25, 0.3) is 22.6 Å². The highest BCUT2D eigenvalue weighted by atomic mass is 16.5. The summed E-state index contributed by atoms with van der Waals surface area (Å²) in [7, 11) is 1.60. The van der Waals surface area contributed by atoms with Crippen LogP contribution < -0.4 is 0 Å². The normalized spacial score (nSPS) is 13.9. The summed E-state index contributed by atoms with van der Waals surface area (Å²) in [5.74, 6) is -0.865. The first-order valence-electron chi connectivity index (χ1n) is 12.2. The molecule has 6 heteroatoms. The molecule has 0 fully saturated rings. The van der Waals surface area contributed by atoms with Gasteiger partial charge in [0.1, 0.15) is 0 Å². The van der Waals surface area contributed by atoms with Gasteiger partial charge in [0.15, 0.2) is 6.61 Å². The number of hydrogen-bond acceptors (Lipinski definition) is 5. The quantitative estimate of drug-likeness (QED) is 0.431. The van der Waals surface area contributed by atoms with Gasteiger partial charge in [0, 0.05) is 19.0 Å². The van der Waals surface area contributed by atoms with Gasteiger partial charge in [-0.25, -0.2) is 9.78 Å². The van der Waals surface area contributed by atoms with Crippen LogP contribution in [0, 0.1) is 11.3 Å². The first-order chi connectivity index (χ1) is 17.2. The van der Waals surface area contributed by atoms with Crippen LogP contribution in [0.1, 0.15) is 66.4 Å². The lowest BCUT2D eigenvalue weighted by molar-refractivity contribution is -0.133.